The molecule has 0 spiro atoms. The van der Waals surface area contributed by atoms with E-state index in [9.17, 15) is 4.39 Å². The highest BCUT2D eigenvalue weighted by Crippen LogP contribution is 2.29. The topological polar surface area (TPSA) is 23.8 Å². The second kappa shape index (κ2) is 2.99. The molecule has 13 heavy (non-hydrogen) atoms. The van der Waals surface area contributed by atoms with Gasteiger partial charge in [-0.2, -0.15) is 5.26 Å². The van der Waals surface area contributed by atoms with E-state index in [0.29, 0.717) is 16.0 Å². The molecule has 0 unspecified atom stereocenters. The Morgan fingerprint density at radius 1 is 1.46 bits per heavy atom. The number of benzene rings is 1. The molecule has 0 radical (unpaired) electrons. The van der Waals surface area contributed by atoms with Crippen molar-refractivity contribution in [1.29, 1.82) is 5.26 Å². The Hall–Kier alpha value is -1.11. The van der Waals surface area contributed by atoms with Crippen LogP contribution in [0.5, 0.6) is 0 Å². The van der Waals surface area contributed by atoms with E-state index >= 15 is 0 Å². The van der Waals surface area contributed by atoms with Gasteiger partial charge in [0.15, 0.2) is 0 Å². The second-order valence-electron chi connectivity index (χ2n) is 2.52. The largest absolute Gasteiger partial charge is 0.205 e. The number of hydrogen-bond donors (Lipinski definition) is 0. The highest BCUT2D eigenvalue weighted by molar-refractivity contribution is 7.17. The third kappa shape index (κ3) is 1.28. The normalized spacial score (nSPS) is 10.2. The van der Waals surface area contributed by atoms with E-state index in [2.05, 4.69) is 0 Å². The van der Waals surface area contributed by atoms with E-state index in [1.807, 2.05) is 6.07 Å². The van der Waals surface area contributed by atoms with E-state index in [1.54, 1.807) is 6.07 Å². The van der Waals surface area contributed by atoms with E-state index in [0.717, 1.165) is 4.70 Å². The number of fused-ring (bicyclic) bond motifs is 1. The first-order valence-corrected chi connectivity index (χ1v) is 4.74. The molecule has 0 amide bonds. The Bertz CT molecular complexity index is 512. The molecule has 64 valence electrons. The van der Waals surface area contributed by atoms with Crippen LogP contribution in [0, 0.1) is 17.1 Å². The van der Waals surface area contributed by atoms with Crippen LogP contribution >= 0.6 is 22.9 Å². The summed E-state index contributed by atoms with van der Waals surface area (Å²) >= 11 is 7.05. The lowest BCUT2D eigenvalue weighted by molar-refractivity contribution is 0.644. The molecule has 1 nitrogen and oxygen atoms in total. The number of halogens is 2. The van der Waals surface area contributed by atoms with E-state index in [4.69, 9.17) is 16.9 Å². The minimum Gasteiger partial charge on any atom is -0.205 e. The third-order valence-corrected chi connectivity index (χ3v) is 2.97. The Balaban J connectivity index is 2.86. The molecule has 1 heterocycles. The van der Waals surface area contributed by atoms with Crippen LogP contribution in [0.2, 0.25) is 5.02 Å². The lowest BCUT2D eigenvalue weighted by atomic mass is 10.2. The summed E-state index contributed by atoms with van der Waals surface area (Å²) in [7, 11) is 0. The number of hydrogen-bond acceptors (Lipinski definition) is 2. The quantitative estimate of drug-likeness (QED) is 0.654. The van der Waals surface area contributed by atoms with E-state index in [-0.39, 0.29) is 5.82 Å². The molecule has 0 N–H and O–H groups in total. The van der Waals surface area contributed by atoms with Gasteiger partial charge >= 0.3 is 0 Å². The monoisotopic (exact) mass is 211 g/mol. The first kappa shape index (κ1) is 8.49. The molecule has 0 bridgehead atoms. The van der Waals surface area contributed by atoms with Crippen LogP contribution in [0.15, 0.2) is 17.5 Å². The second-order valence-corrected chi connectivity index (χ2v) is 3.84. The van der Waals surface area contributed by atoms with Crippen molar-refractivity contribution < 1.29 is 4.39 Å². The molecule has 0 saturated heterocycles. The van der Waals surface area contributed by atoms with Gasteiger partial charge in [0.1, 0.15) is 11.9 Å². The lowest BCUT2D eigenvalue weighted by Gasteiger charge is -1.94. The molecule has 0 atom stereocenters. The minimum absolute atomic E-state index is 0.298. The van der Waals surface area contributed by atoms with Gasteiger partial charge in [0.05, 0.1) is 10.6 Å². The summed E-state index contributed by atoms with van der Waals surface area (Å²) in [5.74, 6) is -0.298. The average Bonchev–Trinajstić information content (AvgIpc) is 2.46. The number of nitriles is 1. The van der Waals surface area contributed by atoms with Crippen LogP contribution in [-0.2, 0) is 0 Å². The average molecular weight is 212 g/mol. The molecule has 0 fully saturated rings. The summed E-state index contributed by atoms with van der Waals surface area (Å²) in [4.78, 5) is 0. The van der Waals surface area contributed by atoms with Gasteiger partial charge in [0.2, 0.25) is 0 Å². The molecule has 2 aromatic rings. The summed E-state index contributed by atoms with van der Waals surface area (Å²) in [6.07, 6.45) is 0. The van der Waals surface area contributed by atoms with Crippen molar-refractivity contribution in [2.45, 2.75) is 0 Å². The van der Waals surface area contributed by atoms with Crippen LogP contribution < -0.4 is 0 Å². The molecular weight excluding hydrogens is 209 g/mol. The zero-order chi connectivity index (χ0) is 9.42. The molecule has 0 aliphatic heterocycles. The zero-order valence-corrected chi connectivity index (χ0v) is 7.92. The molecule has 4 heteroatoms. The predicted molar refractivity (Wildman–Crippen MR) is 51.5 cm³/mol. The summed E-state index contributed by atoms with van der Waals surface area (Å²) in [5, 5.41) is 10.9. The van der Waals surface area contributed by atoms with Gasteiger partial charge in [-0.15, -0.1) is 11.3 Å². The zero-order valence-electron chi connectivity index (χ0n) is 6.34. The van der Waals surface area contributed by atoms with Crippen molar-refractivity contribution in [3.8, 4) is 6.07 Å². The number of thiophene rings is 1. The third-order valence-electron chi connectivity index (χ3n) is 1.74. The molecule has 1 aromatic carbocycles. The van der Waals surface area contributed by atoms with Gasteiger partial charge in [-0.05, 0) is 12.1 Å². The van der Waals surface area contributed by atoms with E-state index in [1.165, 1.54) is 22.8 Å². The van der Waals surface area contributed by atoms with Crippen LogP contribution in [0.25, 0.3) is 10.1 Å². The van der Waals surface area contributed by atoms with Crippen molar-refractivity contribution in [2.24, 2.45) is 0 Å². The van der Waals surface area contributed by atoms with Gasteiger partial charge in [0, 0.05) is 15.5 Å². The first-order valence-electron chi connectivity index (χ1n) is 3.48. The molecular formula is C9H3ClFNS. The Morgan fingerprint density at radius 3 is 2.92 bits per heavy atom. The Kier molecular flexibility index (Phi) is 1.95. The Morgan fingerprint density at radius 2 is 2.23 bits per heavy atom. The molecule has 0 saturated carbocycles. The molecule has 0 aliphatic carbocycles. The smallest absolute Gasteiger partial charge is 0.141 e. The first-order chi connectivity index (χ1) is 6.22. The maximum absolute atomic E-state index is 13.1. The van der Waals surface area contributed by atoms with Gasteiger partial charge in [-0.3, -0.25) is 0 Å². The summed E-state index contributed by atoms with van der Waals surface area (Å²) in [5.41, 5.74) is 0.312. The van der Waals surface area contributed by atoms with Gasteiger partial charge in [0.25, 0.3) is 0 Å². The van der Waals surface area contributed by atoms with Gasteiger partial charge in [-0.25, -0.2) is 4.39 Å². The fraction of sp³-hybridized carbons (Fsp3) is 0. The van der Waals surface area contributed by atoms with Crippen LogP contribution in [0.1, 0.15) is 5.56 Å². The van der Waals surface area contributed by atoms with Crippen LogP contribution in [0.3, 0.4) is 0 Å². The molecule has 0 aliphatic rings. The summed E-state index contributed by atoms with van der Waals surface area (Å²) in [6.45, 7) is 0. The standard InChI is InChI=1S/C9H3ClFNS/c10-7-2-9-6(1-5(7)3-12)8(11)4-13-9/h1-2,4H. The van der Waals surface area contributed by atoms with Crippen molar-refractivity contribution in [3.63, 3.8) is 0 Å². The fourth-order valence-corrected chi connectivity index (χ4v) is 2.20. The maximum atomic E-state index is 13.1. The van der Waals surface area contributed by atoms with E-state index < -0.39 is 0 Å². The highest BCUT2D eigenvalue weighted by Gasteiger charge is 2.07. The van der Waals surface area contributed by atoms with Crippen molar-refractivity contribution in [3.05, 3.63) is 33.9 Å². The number of rotatable bonds is 0. The van der Waals surface area contributed by atoms with Gasteiger partial charge in [-0.1, -0.05) is 11.6 Å². The van der Waals surface area contributed by atoms with Crippen molar-refractivity contribution in [2.75, 3.05) is 0 Å². The van der Waals surface area contributed by atoms with Crippen LogP contribution in [0.4, 0.5) is 4.39 Å². The Labute approximate surface area is 83.0 Å². The van der Waals surface area contributed by atoms with Gasteiger partial charge < -0.3 is 0 Å². The van der Waals surface area contributed by atoms with Crippen molar-refractivity contribution >= 4 is 33.0 Å². The number of nitrogens with zero attached hydrogens (tertiary/aromatic N) is 1. The maximum Gasteiger partial charge on any atom is 0.141 e. The summed E-state index contributed by atoms with van der Waals surface area (Å²) < 4.78 is 13.8. The SMILES string of the molecule is N#Cc1cc2c(F)csc2cc1Cl. The lowest BCUT2D eigenvalue weighted by Crippen LogP contribution is -1.77. The molecule has 1 aromatic heterocycles. The van der Waals surface area contributed by atoms with Crippen LogP contribution in [-0.4, -0.2) is 0 Å². The minimum atomic E-state index is -0.298. The van der Waals surface area contributed by atoms with Crippen molar-refractivity contribution in [1.82, 2.24) is 0 Å². The fourth-order valence-electron chi connectivity index (χ4n) is 1.10. The predicted octanol–water partition coefficient (Wildman–Crippen LogP) is 3.57. The highest BCUT2D eigenvalue weighted by atomic mass is 35.5. The molecule has 2 rings (SSSR count). The summed E-state index contributed by atoms with van der Waals surface area (Å²) in [6, 6.07) is 5.00.